The van der Waals surface area contributed by atoms with Gasteiger partial charge in [0.15, 0.2) is 0 Å². The lowest BCUT2D eigenvalue weighted by atomic mass is 9.70. The number of rotatable bonds is 4. The second kappa shape index (κ2) is 7.97. The van der Waals surface area contributed by atoms with Gasteiger partial charge in [-0.25, -0.2) is 4.90 Å². The minimum Gasteiger partial charge on any atom is -0.357 e. The Morgan fingerprint density at radius 2 is 1.55 bits per heavy atom. The van der Waals surface area contributed by atoms with Crippen LogP contribution in [0.4, 0.5) is 5.69 Å². The molecule has 0 saturated carbocycles. The Morgan fingerprint density at radius 3 is 2.23 bits per heavy atom. The molecule has 5 nitrogen and oxygen atoms in total. The fourth-order valence-electron chi connectivity index (χ4n) is 5.33. The van der Waals surface area contributed by atoms with Crippen molar-refractivity contribution in [2.75, 3.05) is 18.0 Å². The lowest BCUT2D eigenvalue weighted by Gasteiger charge is -2.45. The smallest absolute Gasteiger partial charge is 0.234 e. The average Bonchev–Trinajstić information content (AvgIpc) is 3.14. The Kier molecular flexibility index (Phi) is 5.14. The summed E-state index contributed by atoms with van der Waals surface area (Å²) in [6, 6.07) is 18.4. The molecule has 160 valence electrons. The third-order valence-corrected chi connectivity index (χ3v) is 7.05. The Morgan fingerprint density at radius 1 is 0.903 bits per heavy atom. The predicted molar refractivity (Wildman–Crippen MR) is 123 cm³/mol. The van der Waals surface area contributed by atoms with Gasteiger partial charge in [0.05, 0.1) is 5.69 Å². The molecule has 0 radical (unpaired) electrons. The molecule has 0 aliphatic carbocycles. The summed E-state index contributed by atoms with van der Waals surface area (Å²) < 4.78 is 0. The molecule has 2 aliphatic rings. The molecule has 2 amide bonds. The molecule has 31 heavy (non-hydrogen) atoms. The van der Waals surface area contributed by atoms with Gasteiger partial charge >= 0.3 is 0 Å². The summed E-state index contributed by atoms with van der Waals surface area (Å²) in [5.41, 5.74) is 3.83. The summed E-state index contributed by atoms with van der Waals surface area (Å²) in [5.74, 6) is -0.0978. The number of anilines is 1. The number of aromatic nitrogens is 1. The summed E-state index contributed by atoms with van der Waals surface area (Å²) in [4.78, 5) is 34.0. The first-order valence-electron chi connectivity index (χ1n) is 11.3. The van der Waals surface area contributed by atoms with E-state index >= 15 is 0 Å². The quantitative estimate of drug-likeness (QED) is 0.630. The zero-order chi connectivity index (χ0) is 21.4. The number of nitrogens with one attached hydrogen (secondary N) is 1. The first-order chi connectivity index (χ1) is 15.1. The number of para-hydroxylation sites is 1. The van der Waals surface area contributed by atoms with Crippen LogP contribution < -0.4 is 4.90 Å². The van der Waals surface area contributed by atoms with Crippen LogP contribution in [0.2, 0.25) is 0 Å². The highest BCUT2D eigenvalue weighted by Gasteiger charge is 2.46. The molecule has 1 spiro atoms. The van der Waals surface area contributed by atoms with Crippen molar-refractivity contribution in [3.63, 3.8) is 0 Å². The van der Waals surface area contributed by atoms with Crippen LogP contribution in [0.25, 0.3) is 10.9 Å². The number of aromatic amines is 1. The Hall–Kier alpha value is -2.92. The van der Waals surface area contributed by atoms with E-state index in [2.05, 4.69) is 41.1 Å². The normalized spacial score (nSPS) is 19.5. The number of hydrogen-bond donors (Lipinski definition) is 1. The van der Waals surface area contributed by atoms with E-state index in [-0.39, 0.29) is 17.2 Å². The number of H-pyrrole nitrogens is 1. The molecule has 2 aliphatic heterocycles. The summed E-state index contributed by atoms with van der Waals surface area (Å²) >= 11 is 0. The molecule has 0 unspecified atom stereocenters. The lowest BCUT2D eigenvalue weighted by molar-refractivity contribution is -0.135. The van der Waals surface area contributed by atoms with Gasteiger partial charge in [-0.15, -0.1) is 0 Å². The van der Waals surface area contributed by atoms with Crippen LogP contribution in [-0.2, 0) is 22.6 Å². The number of aryl methyl sites for hydroxylation is 1. The molecule has 0 atom stereocenters. The summed E-state index contributed by atoms with van der Waals surface area (Å²) in [7, 11) is 0. The Bertz CT molecular complexity index is 1090. The van der Waals surface area contributed by atoms with Crippen LogP contribution in [0.5, 0.6) is 0 Å². The number of carbonyl (C=O) groups excluding carboxylic acids is 2. The topological polar surface area (TPSA) is 56.4 Å². The standard InChI is InChI=1S/C26H29N3O2/c1-2-21-25(20-10-6-7-11-22(20)27-21)29-23(30)16-26(17-24(29)31)12-14-28(15-13-26)18-19-8-4-3-5-9-19/h3-11,27H,2,12-18H2,1H3. The van der Waals surface area contributed by atoms with Crippen molar-refractivity contribution < 1.29 is 9.59 Å². The van der Waals surface area contributed by atoms with Crippen LogP contribution >= 0.6 is 0 Å². The Balaban J connectivity index is 1.33. The SMILES string of the molecule is CCc1[nH]c2ccccc2c1N1C(=O)CC2(CCN(Cc3ccccc3)CC2)CC1=O. The summed E-state index contributed by atoms with van der Waals surface area (Å²) in [6.45, 7) is 4.85. The second-order valence-corrected chi connectivity index (χ2v) is 9.09. The van der Waals surface area contributed by atoms with E-state index in [0.29, 0.717) is 12.8 Å². The number of hydrogen-bond acceptors (Lipinski definition) is 3. The fourth-order valence-corrected chi connectivity index (χ4v) is 5.33. The van der Waals surface area contributed by atoms with E-state index in [0.717, 1.165) is 61.2 Å². The molecular formula is C26H29N3O2. The highest BCUT2D eigenvalue weighted by Crippen LogP contribution is 2.45. The second-order valence-electron chi connectivity index (χ2n) is 9.09. The number of imide groups is 1. The van der Waals surface area contributed by atoms with Gasteiger partial charge in [-0.05, 0) is 49.4 Å². The number of piperidine rings is 2. The van der Waals surface area contributed by atoms with Gasteiger partial charge in [0.2, 0.25) is 11.8 Å². The van der Waals surface area contributed by atoms with Crippen LogP contribution in [-0.4, -0.2) is 34.8 Å². The van der Waals surface area contributed by atoms with Crippen LogP contribution in [0.15, 0.2) is 54.6 Å². The van der Waals surface area contributed by atoms with Crippen LogP contribution in [0.1, 0.15) is 43.9 Å². The Labute approximate surface area is 183 Å². The molecular weight excluding hydrogens is 386 g/mol. The van der Waals surface area contributed by atoms with E-state index in [9.17, 15) is 9.59 Å². The third-order valence-electron chi connectivity index (χ3n) is 7.05. The maximum absolute atomic E-state index is 13.3. The zero-order valence-corrected chi connectivity index (χ0v) is 18.1. The first kappa shape index (κ1) is 20.0. The minimum atomic E-state index is -0.184. The van der Waals surface area contributed by atoms with Gasteiger partial charge in [-0.3, -0.25) is 14.5 Å². The van der Waals surface area contributed by atoms with Gasteiger partial charge in [0.25, 0.3) is 0 Å². The van der Waals surface area contributed by atoms with Gasteiger partial charge in [-0.1, -0.05) is 55.5 Å². The van der Waals surface area contributed by atoms with Gasteiger partial charge in [0.1, 0.15) is 0 Å². The molecule has 3 heterocycles. The summed E-state index contributed by atoms with van der Waals surface area (Å²) in [5, 5.41) is 0.953. The zero-order valence-electron chi connectivity index (χ0n) is 18.1. The van der Waals surface area contributed by atoms with Crippen molar-refractivity contribution in [2.24, 2.45) is 5.41 Å². The maximum atomic E-state index is 13.3. The predicted octanol–water partition coefficient (Wildman–Crippen LogP) is 4.67. The first-order valence-corrected chi connectivity index (χ1v) is 11.3. The molecule has 2 fully saturated rings. The molecule has 3 aromatic rings. The van der Waals surface area contributed by atoms with Crippen molar-refractivity contribution >= 4 is 28.4 Å². The number of carbonyl (C=O) groups is 2. The molecule has 1 N–H and O–H groups in total. The number of fused-ring (bicyclic) bond motifs is 1. The van der Waals surface area contributed by atoms with E-state index in [1.807, 2.05) is 30.3 Å². The van der Waals surface area contributed by atoms with Gasteiger partial charge < -0.3 is 4.98 Å². The van der Waals surface area contributed by atoms with Gasteiger partial charge in [0, 0.05) is 36.0 Å². The molecule has 1 aromatic heterocycles. The van der Waals surface area contributed by atoms with E-state index in [1.54, 1.807) is 0 Å². The van der Waals surface area contributed by atoms with E-state index in [4.69, 9.17) is 0 Å². The number of benzene rings is 2. The van der Waals surface area contributed by atoms with Gasteiger partial charge in [-0.2, -0.15) is 0 Å². The highest BCUT2D eigenvalue weighted by atomic mass is 16.2. The largest absolute Gasteiger partial charge is 0.357 e. The number of likely N-dealkylation sites (tertiary alicyclic amines) is 1. The number of nitrogens with zero attached hydrogens (tertiary/aromatic N) is 2. The van der Waals surface area contributed by atoms with Crippen LogP contribution in [0.3, 0.4) is 0 Å². The van der Waals surface area contributed by atoms with Crippen LogP contribution in [0, 0.1) is 5.41 Å². The maximum Gasteiger partial charge on any atom is 0.234 e. The van der Waals surface area contributed by atoms with Crippen molar-refractivity contribution in [3.8, 4) is 0 Å². The third kappa shape index (κ3) is 3.68. The highest BCUT2D eigenvalue weighted by molar-refractivity contribution is 6.21. The monoisotopic (exact) mass is 415 g/mol. The van der Waals surface area contributed by atoms with Crippen molar-refractivity contribution in [3.05, 3.63) is 65.9 Å². The van der Waals surface area contributed by atoms with Crippen molar-refractivity contribution in [2.45, 2.75) is 45.6 Å². The average molecular weight is 416 g/mol. The lowest BCUT2D eigenvalue weighted by Crippen LogP contribution is -2.52. The molecule has 5 heteroatoms. The number of amides is 2. The fraction of sp³-hybridized carbons (Fsp3) is 0.385. The van der Waals surface area contributed by atoms with E-state index in [1.165, 1.54) is 10.5 Å². The van der Waals surface area contributed by atoms with Crippen molar-refractivity contribution in [1.82, 2.24) is 9.88 Å². The minimum absolute atomic E-state index is 0.0489. The summed E-state index contributed by atoms with van der Waals surface area (Å²) in [6.07, 6.45) is 3.47. The molecule has 0 bridgehead atoms. The van der Waals surface area contributed by atoms with Crippen molar-refractivity contribution in [1.29, 1.82) is 0 Å². The molecule has 5 rings (SSSR count). The molecule has 2 saturated heterocycles. The van der Waals surface area contributed by atoms with E-state index < -0.39 is 0 Å². The molecule has 2 aromatic carbocycles.